The molecule has 0 bridgehead atoms. The molecule has 1 fully saturated rings. The summed E-state index contributed by atoms with van der Waals surface area (Å²) in [4.78, 5) is 4.86. The largest absolute Gasteiger partial charge is 0.357 e. The van der Waals surface area contributed by atoms with Crippen molar-refractivity contribution < 1.29 is 0 Å². The van der Waals surface area contributed by atoms with Crippen LogP contribution in [0.5, 0.6) is 0 Å². The SMILES string of the molecule is Cc1cc2[nH]c(CNCC3CCC3)cc2s1. The van der Waals surface area contributed by atoms with Crippen molar-refractivity contribution in [2.75, 3.05) is 6.54 Å². The van der Waals surface area contributed by atoms with Gasteiger partial charge in [-0.3, -0.25) is 0 Å². The molecule has 0 amide bonds. The highest BCUT2D eigenvalue weighted by Gasteiger charge is 2.16. The van der Waals surface area contributed by atoms with E-state index in [0.29, 0.717) is 0 Å². The van der Waals surface area contributed by atoms with E-state index in [-0.39, 0.29) is 0 Å². The first kappa shape index (κ1) is 10.4. The van der Waals surface area contributed by atoms with Gasteiger partial charge in [0.2, 0.25) is 0 Å². The Morgan fingerprint density at radius 1 is 1.44 bits per heavy atom. The second kappa shape index (κ2) is 4.22. The smallest absolute Gasteiger partial charge is 0.0568 e. The number of fused-ring (bicyclic) bond motifs is 1. The molecule has 0 spiro atoms. The van der Waals surface area contributed by atoms with Crippen molar-refractivity contribution in [1.29, 1.82) is 0 Å². The van der Waals surface area contributed by atoms with E-state index in [2.05, 4.69) is 29.4 Å². The Labute approximate surface area is 100 Å². The van der Waals surface area contributed by atoms with Crippen LogP contribution in [0.15, 0.2) is 12.1 Å². The fraction of sp³-hybridized carbons (Fsp3) is 0.538. The van der Waals surface area contributed by atoms with Crippen molar-refractivity contribution in [3.8, 4) is 0 Å². The second-order valence-electron chi connectivity index (χ2n) is 4.86. The molecule has 2 nitrogen and oxygen atoms in total. The lowest BCUT2D eigenvalue weighted by Gasteiger charge is -2.25. The van der Waals surface area contributed by atoms with Gasteiger partial charge in [0, 0.05) is 17.1 Å². The van der Waals surface area contributed by atoms with E-state index >= 15 is 0 Å². The Bertz CT molecular complexity index is 448. The first-order valence-corrected chi connectivity index (χ1v) is 6.91. The number of hydrogen-bond acceptors (Lipinski definition) is 2. The van der Waals surface area contributed by atoms with E-state index in [9.17, 15) is 0 Å². The Balaban J connectivity index is 1.58. The summed E-state index contributed by atoms with van der Waals surface area (Å²) >= 11 is 1.87. The van der Waals surface area contributed by atoms with Gasteiger partial charge in [-0.15, -0.1) is 11.3 Å². The van der Waals surface area contributed by atoms with Crippen LogP contribution >= 0.6 is 11.3 Å². The van der Waals surface area contributed by atoms with Gasteiger partial charge >= 0.3 is 0 Å². The lowest BCUT2D eigenvalue weighted by atomic mass is 9.85. The molecule has 86 valence electrons. The molecule has 0 aliphatic heterocycles. The highest BCUT2D eigenvalue weighted by molar-refractivity contribution is 7.18. The number of H-pyrrole nitrogens is 1. The molecule has 16 heavy (non-hydrogen) atoms. The Kier molecular flexibility index (Phi) is 2.74. The highest BCUT2D eigenvalue weighted by Crippen LogP contribution is 2.26. The van der Waals surface area contributed by atoms with E-state index < -0.39 is 0 Å². The van der Waals surface area contributed by atoms with Gasteiger partial charge in [-0.1, -0.05) is 6.42 Å². The van der Waals surface area contributed by atoms with Crippen LogP contribution in [0.2, 0.25) is 0 Å². The van der Waals surface area contributed by atoms with Crippen LogP contribution in [0.4, 0.5) is 0 Å². The van der Waals surface area contributed by atoms with E-state index in [4.69, 9.17) is 0 Å². The van der Waals surface area contributed by atoms with Crippen LogP contribution in [0.25, 0.3) is 10.2 Å². The normalized spacial score (nSPS) is 16.8. The van der Waals surface area contributed by atoms with Gasteiger partial charge in [0.1, 0.15) is 0 Å². The van der Waals surface area contributed by atoms with Gasteiger partial charge in [0.25, 0.3) is 0 Å². The molecule has 3 heteroatoms. The van der Waals surface area contributed by atoms with E-state index in [1.54, 1.807) is 0 Å². The standard InChI is InChI=1S/C13H18N2S/c1-9-5-12-13(16-9)6-11(15-12)8-14-7-10-3-2-4-10/h5-6,10,14-15H,2-4,7-8H2,1H3. The maximum Gasteiger partial charge on any atom is 0.0568 e. The lowest BCUT2D eigenvalue weighted by molar-refractivity contribution is 0.301. The van der Waals surface area contributed by atoms with Crippen LogP contribution in [-0.4, -0.2) is 11.5 Å². The van der Waals surface area contributed by atoms with Crippen molar-refractivity contribution in [1.82, 2.24) is 10.3 Å². The van der Waals surface area contributed by atoms with Gasteiger partial charge in [-0.2, -0.15) is 0 Å². The lowest BCUT2D eigenvalue weighted by Crippen LogP contribution is -2.26. The number of aromatic amines is 1. The van der Waals surface area contributed by atoms with Crippen molar-refractivity contribution in [2.24, 2.45) is 5.92 Å². The molecule has 1 saturated carbocycles. The summed E-state index contributed by atoms with van der Waals surface area (Å²) in [5.41, 5.74) is 2.61. The Hall–Kier alpha value is -0.800. The molecule has 3 rings (SSSR count). The van der Waals surface area contributed by atoms with Crippen LogP contribution in [0.1, 0.15) is 29.8 Å². The molecular formula is C13H18N2S. The third-order valence-electron chi connectivity index (χ3n) is 3.46. The molecule has 0 aromatic carbocycles. The predicted octanol–water partition coefficient (Wildman–Crippen LogP) is 3.43. The topological polar surface area (TPSA) is 27.8 Å². The van der Waals surface area contributed by atoms with Gasteiger partial charge in [0.05, 0.1) is 10.2 Å². The minimum atomic E-state index is 0.943. The summed E-state index contributed by atoms with van der Waals surface area (Å²) < 4.78 is 1.39. The number of aromatic nitrogens is 1. The molecule has 0 saturated heterocycles. The van der Waals surface area contributed by atoms with Crippen LogP contribution in [0, 0.1) is 12.8 Å². The molecule has 2 aromatic rings. The molecule has 2 heterocycles. The summed E-state index contributed by atoms with van der Waals surface area (Å²) in [6.07, 6.45) is 4.28. The zero-order chi connectivity index (χ0) is 11.0. The molecule has 1 aliphatic carbocycles. The fourth-order valence-electron chi connectivity index (χ4n) is 2.31. The number of rotatable bonds is 4. The van der Waals surface area contributed by atoms with Crippen molar-refractivity contribution in [3.63, 3.8) is 0 Å². The maximum atomic E-state index is 3.54. The number of aryl methyl sites for hydroxylation is 1. The second-order valence-corrected chi connectivity index (χ2v) is 6.15. The monoisotopic (exact) mass is 234 g/mol. The van der Waals surface area contributed by atoms with E-state index in [1.807, 2.05) is 11.3 Å². The number of thiophene rings is 1. The zero-order valence-corrected chi connectivity index (χ0v) is 10.5. The van der Waals surface area contributed by atoms with Gasteiger partial charge in [-0.05, 0) is 44.4 Å². The first-order chi connectivity index (χ1) is 7.81. The highest BCUT2D eigenvalue weighted by atomic mass is 32.1. The Morgan fingerprint density at radius 3 is 3.00 bits per heavy atom. The molecule has 0 radical (unpaired) electrons. The summed E-state index contributed by atoms with van der Waals surface area (Å²) in [5, 5.41) is 3.54. The Morgan fingerprint density at radius 2 is 2.31 bits per heavy atom. The van der Waals surface area contributed by atoms with Crippen molar-refractivity contribution in [3.05, 3.63) is 22.7 Å². The maximum absolute atomic E-state index is 3.54. The fourth-order valence-corrected chi connectivity index (χ4v) is 3.25. The number of nitrogens with one attached hydrogen (secondary N) is 2. The molecule has 0 atom stereocenters. The van der Waals surface area contributed by atoms with Crippen molar-refractivity contribution >= 4 is 21.6 Å². The summed E-state index contributed by atoms with van der Waals surface area (Å²) in [6.45, 7) is 4.33. The summed E-state index contributed by atoms with van der Waals surface area (Å²) in [5.74, 6) is 0.943. The average Bonchev–Trinajstić information content (AvgIpc) is 2.65. The third kappa shape index (κ3) is 2.02. The van der Waals surface area contributed by atoms with Gasteiger partial charge < -0.3 is 10.3 Å². The van der Waals surface area contributed by atoms with Gasteiger partial charge in [0.15, 0.2) is 0 Å². The van der Waals surface area contributed by atoms with E-state index in [1.165, 1.54) is 46.6 Å². The molecule has 1 aliphatic rings. The summed E-state index contributed by atoms with van der Waals surface area (Å²) in [7, 11) is 0. The minimum absolute atomic E-state index is 0.943. The van der Waals surface area contributed by atoms with Crippen molar-refractivity contribution in [2.45, 2.75) is 32.7 Å². The van der Waals surface area contributed by atoms with Crippen LogP contribution < -0.4 is 5.32 Å². The van der Waals surface area contributed by atoms with Crippen LogP contribution in [0.3, 0.4) is 0 Å². The number of hydrogen-bond donors (Lipinski definition) is 2. The summed E-state index contributed by atoms with van der Waals surface area (Å²) in [6, 6.07) is 4.51. The van der Waals surface area contributed by atoms with E-state index in [0.717, 1.165) is 12.5 Å². The third-order valence-corrected chi connectivity index (χ3v) is 4.46. The minimum Gasteiger partial charge on any atom is -0.357 e. The molecule has 2 N–H and O–H groups in total. The first-order valence-electron chi connectivity index (χ1n) is 6.10. The quantitative estimate of drug-likeness (QED) is 0.833. The zero-order valence-electron chi connectivity index (χ0n) is 9.68. The molecule has 0 unspecified atom stereocenters. The van der Waals surface area contributed by atoms with Gasteiger partial charge in [-0.25, -0.2) is 0 Å². The molecular weight excluding hydrogens is 216 g/mol. The van der Waals surface area contributed by atoms with Crippen LogP contribution in [-0.2, 0) is 6.54 Å². The predicted molar refractivity (Wildman–Crippen MR) is 70.0 cm³/mol. The average molecular weight is 234 g/mol. The molecule has 2 aromatic heterocycles.